The summed E-state index contributed by atoms with van der Waals surface area (Å²) in [6, 6.07) is 0. The molecule has 1 nitrogen and oxygen atoms in total. The Morgan fingerprint density at radius 1 is 1.58 bits per heavy atom. The van der Waals surface area contributed by atoms with Crippen LogP contribution >= 0.6 is 11.8 Å². The van der Waals surface area contributed by atoms with Crippen LogP contribution in [0, 0.1) is 5.92 Å². The molecule has 2 unspecified atom stereocenters. The molecule has 0 aromatic carbocycles. The van der Waals surface area contributed by atoms with E-state index in [0.29, 0.717) is 6.10 Å². The first-order valence-corrected chi connectivity index (χ1v) is 5.72. The lowest BCUT2D eigenvalue weighted by molar-refractivity contribution is 0.111. The predicted octanol–water partition coefficient (Wildman–Crippen LogP) is 3.07. The summed E-state index contributed by atoms with van der Waals surface area (Å²) < 4.78 is 5.61. The molecule has 1 heterocycles. The Bertz CT molecular complexity index is 155. The quantitative estimate of drug-likeness (QED) is 0.626. The van der Waals surface area contributed by atoms with Gasteiger partial charge in [0.15, 0.2) is 0 Å². The van der Waals surface area contributed by atoms with Gasteiger partial charge in [0.2, 0.25) is 0 Å². The van der Waals surface area contributed by atoms with E-state index in [9.17, 15) is 0 Å². The van der Waals surface area contributed by atoms with E-state index in [1.807, 2.05) is 18.0 Å². The van der Waals surface area contributed by atoms with E-state index in [0.717, 1.165) is 5.92 Å². The second-order valence-electron chi connectivity index (χ2n) is 3.66. The number of hydrogen-bond donors (Lipinski definition) is 0. The third-order valence-corrected chi connectivity index (χ3v) is 3.34. The average molecular weight is 186 g/mol. The fourth-order valence-electron chi connectivity index (χ4n) is 1.28. The highest BCUT2D eigenvalue weighted by Gasteiger charge is 2.22. The highest BCUT2D eigenvalue weighted by Crippen LogP contribution is 2.27. The molecule has 70 valence electrons. The van der Waals surface area contributed by atoms with Gasteiger partial charge in [-0.05, 0) is 44.3 Å². The number of hydrogen-bond acceptors (Lipinski definition) is 2. The molecule has 0 aliphatic carbocycles. The van der Waals surface area contributed by atoms with E-state index in [1.54, 1.807) is 0 Å². The fraction of sp³-hybridized carbons (Fsp3) is 0.800. The van der Waals surface area contributed by atoms with E-state index >= 15 is 0 Å². The van der Waals surface area contributed by atoms with Gasteiger partial charge in [-0.2, -0.15) is 11.8 Å². The summed E-state index contributed by atoms with van der Waals surface area (Å²) in [6.07, 6.45) is 3.60. The molecule has 1 rings (SSSR count). The van der Waals surface area contributed by atoms with Gasteiger partial charge in [0.1, 0.15) is 0 Å². The SMILES string of the molecule is CC(C)=COC(C)C1CCSC1. The van der Waals surface area contributed by atoms with Crippen LogP contribution in [0.25, 0.3) is 0 Å². The average Bonchev–Trinajstić information content (AvgIpc) is 2.51. The standard InChI is InChI=1S/C10H18OS/c1-8(2)6-11-9(3)10-4-5-12-7-10/h6,9-10H,4-5,7H2,1-3H3. The van der Waals surface area contributed by atoms with Crippen molar-refractivity contribution < 1.29 is 4.74 Å². The Labute approximate surface area is 79.6 Å². The summed E-state index contributed by atoms with van der Waals surface area (Å²) in [6.45, 7) is 6.31. The van der Waals surface area contributed by atoms with Crippen molar-refractivity contribution in [3.63, 3.8) is 0 Å². The molecule has 0 bridgehead atoms. The minimum absolute atomic E-state index is 0.398. The van der Waals surface area contributed by atoms with Crippen LogP contribution in [0.15, 0.2) is 11.8 Å². The van der Waals surface area contributed by atoms with Crippen LogP contribution in [0.5, 0.6) is 0 Å². The van der Waals surface area contributed by atoms with Crippen molar-refractivity contribution in [1.82, 2.24) is 0 Å². The first-order valence-electron chi connectivity index (χ1n) is 4.56. The highest BCUT2D eigenvalue weighted by molar-refractivity contribution is 7.99. The Morgan fingerprint density at radius 3 is 2.83 bits per heavy atom. The second-order valence-corrected chi connectivity index (χ2v) is 4.81. The van der Waals surface area contributed by atoms with Crippen LogP contribution in [0.1, 0.15) is 27.2 Å². The van der Waals surface area contributed by atoms with Crippen LogP contribution in [0.4, 0.5) is 0 Å². The maximum Gasteiger partial charge on any atom is 0.0986 e. The summed E-state index contributed by atoms with van der Waals surface area (Å²) in [5, 5.41) is 0. The summed E-state index contributed by atoms with van der Waals surface area (Å²) in [5.74, 6) is 3.36. The topological polar surface area (TPSA) is 9.23 Å². The van der Waals surface area contributed by atoms with Crippen molar-refractivity contribution in [2.45, 2.75) is 33.3 Å². The number of allylic oxidation sites excluding steroid dienone is 1. The third-order valence-electron chi connectivity index (χ3n) is 2.15. The maximum atomic E-state index is 5.61. The molecule has 1 aliphatic rings. The molecule has 1 aliphatic heterocycles. The molecule has 0 aromatic heterocycles. The van der Waals surface area contributed by atoms with E-state index in [2.05, 4.69) is 20.8 Å². The second kappa shape index (κ2) is 4.80. The zero-order valence-corrected chi connectivity index (χ0v) is 8.99. The molecule has 2 heteroatoms. The van der Waals surface area contributed by atoms with E-state index in [1.165, 1.54) is 23.5 Å². The smallest absolute Gasteiger partial charge is 0.0986 e. The molecule has 0 N–H and O–H groups in total. The Morgan fingerprint density at radius 2 is 2.33 bits per heavy atom. The summed E-state index contributed by atoms with van der Waals surface area (Å²) in [5.41, 5.74) is 1.24. The molecule has 1 saturated heterocycles. The highest BCUT2D eigenvalue weighted by atomic mass is 32.2. The van der Waals surface area contributed by atoms with Gasteiger partial charge in [-0.1, -0.05) is 0 Å². The molecule has 0 amide bonds. The molecular formula is C10H18OS. The molecule has 0 saturated carbocycles. The van der Waals surface area contributed by atoms with Crippen molar-refractivity contribution >= 4 is 11.8 Å². The van der Waals surface area contributed by atoms with Crippen LogP contribution in [-0.2, 0) is 4.74 Å². The lowest BCUT2D eigenvalue weighted by Crippen LogP contribution is -2.18. The number of thioether (sulfide) groups is 1. The first-order chi connectivity index (χ1) is 5.70. The fourth-order valence-corrected chi connectivity index (χ4v) is 2.65. The molecule has 0 radical (unpaired) electrons. The van der Waals surface area contributed by atoms with Gasteiger partial charge in [-0.25, -0.2) is 0 Å². The van der Waals surface area contributed by atoms with E-state index in [4.69, 9.17) is 4.74 Å². The zero-order valence-electron chi connectivity index (χ0n) is 8.17. The summed E-state index contributed by atoms with van der Waals surface area (Å²) >= 11 is 2.04. The van der Waals surface area contributed by atoms with Gasteiger partial charge in [0.05, 0.1) is 12.4 Å². The Hall–Kier alpha value is -0.110. The van der Waals surface area contributed by atoms with Gasteiger partial charge >= 0.3 is 0 Å². The van der Waals surface area contributed by atoms with Gasteiger partial charge in [0, 0.05) is 5.92 Å². The van der Waals surface area contributed by atoms with Crippen molar-refractivity contribution in [3.8, 4) is 0 Å². The van der Waals surface area contributed by atoms with Crippen molar-refractivity contribution in [1.29, 1.82) is 0 Å². The van der Waals surface area contributed by atoms with Gasteiger partial charge in [0.25, 0.3) is 0 Å². The van der Waals surface area contributed by atoms with E-state index in [-0.39, 0.29) is 0 Å². The van der Waals surface area contributed by atoms with Crippen LogP contribution in [-0.4, -0.2) is 17.6 Å². The molecule has 12 heavy (non-hydrogen) atoms. The number of rotatable bonds is 3. The van der Waals surface area contributed by atoms with Gasteiger partial charge in [-0.3, -0.25) is 0 Å². The number of ether oxygens (including phenoxy) is 1. The monoisotopic (exact) mass is 186 g/mol. The van der Waals surface area contributed by atoms with Crippen molar-refractivity contribution in [2.24, 2.45) is 5.92 Å². The minimum Gasteiger partial charge on any atom is -0.498 e. The van der Waals surface area contributed by atoms with Crippen molar-refractivity contribution in [2.75, 3.05) is 11.5 Å². The van der Waals surface area contributed by atoms with E-state index < -0.39 is 0 Å². The van der Waals surface area contributed by atoms with Gasteiger partial charge < -0.3 is 4.74 Å². The lowest BCUT2D eigenvalue weighted by atomic mass is 10.0. The third kappa shape index (κ3) is 3.10. The Balaban J connectivity index is 2.27. The first kappa shape index (κ1) is 9.97. The molecular weight excluding hydrogens is 168 g/mol. The maximum absolute atomic E-state index is 5.61. The molecule has 0 spiro atoms. The Kier molecular flexibility index (Phi) is 3.99. The van der Waals surface area contributed by atoms with Gasteiger partial charge in [-0.15, -0.1) is 0 Å². The normalized spacial score (nSPS) is 25.1. The predicted molar refractivity (Wildman–Crippen MR) is 55.4 cm³/mol. The largest absolute Gasteiger partial charge is 0.498 e. The lowest BCUT2D eigenvalue weighted by Gasteiger charge is -2.17. The summed E-state index contributed by atoms with van der Waals surface area (Å²) in [4.78, 5) is 0. The molecule has 1 fully saturated rings. The summed E-state index contributed by atoms with van der Waals surface area (Å²) in [7, 11) is 0. The zero-order chi connectivity index (χ0) is 8.97. The van der Waals surface area contributed by atoms with Crippen LogP contribution in [0.3, 0.4) is 0 Å². The molecule has 0 aromatic rings. The van der Waals surface area contributed by atoms with Crippen LogP contribution in [0.2, 0.25) is 0 Å². The van der Waals surface area contributed by atoms with Crippen molar-refractivity contribution in [3.05, 3.63) is 11.8 Å². The molecule has 2 atom stereocenters. The van der Waals surface area contributed by atoms with Crippen LogP contribution < -0.4 is 0 Å². The minimum atomic E-state index is 0.398.